The van der Waals surface area contributed by atoms with Crippen LogP contribution in [0.2, 0.25) is 0 Å². The van der Waals surface area contributed by atoms with E-state index in [4.69, 9.17) is 10.5 Å². The fraction of sp³-hybridized carbons (Fsp3) is 0.429. The number of rotatable bonds is 4. The number of hydrogen-bond donors (Lipinski definition) is 2. The van der Waals surface area contributed by atoms with Gasteiger partial charge in [0, 0.05) is 17.8 Å². The minimum atomic E-state index is -0.802. The van der Waals surface area contributed by atoms with Crippen LogP contribution in [0.1, 0.15) is 13.8 Å². The average Bonchev–Trinajstić information content (AvgIpc) is 2.88. The molecule has 0 saturated carbocycles. The van der Waals surface area contributed by atoms with Gasteiger partial charge in [-0.2, -0.15) is 0 Å². The van der Waals surface area contributed by atoms with E-state index in [-0.39, 0.29) is 18.3 Å². The molecular formula is C14H18N4O5. The molecule has 0 spiro atoms. The standard InChI is InChI=1S/C14H18N4O5/c1-8(15)14(20)17-7-23-9(2)12(17)13(19)16-10-3-5-11(6-4-10)18(21)22/h3-6,8-9,12H,7,15H2,1-2H3,(H,16,19)/t8-,9-,12-/m0/s1. The van der Waals surface area contributed by atoms with E-state index in [9.17, 15) is 19.7 Å². The zero-order valence-corrected chi connectivity index (χ0v) is 12.8. The lowest BCUT2D eigenvalue weighted by Gasteiger charge is -2.25. The highest BCUT2D eigenvalue weighted by Gasteiger charge is 2.41. The molecule has 0 aliphatic carbocycles. The number of anilines is 1. The van der Waals surface area contributed by atoms with Crippen molar-refractivity contribution >= 4 is 23.2 Å². The van der Waals surface area contributed by atoms with Gasteiger partial charge in [0.25, 0.3) is 5.69 Å². The van der Waals surface area contributed by atoms with Gasteiger partial charge in [0.2, 0.25) is 11.8 Å². The van der Waals surface area contributed by atoms with Crippen molar-refractivity contribution in [3.8, 4) is 0 Å². The lowest BCUT2D eigenvalue weighted by atomic mass is 10.1. The van der Waals surface area contributed by atoms with Crippen LogP contribution in [0.3, 0.4) is 0 Å². The SMILES string of the molecule is C[C@H](N)C(=O)N1CO[C@@H](C)[C@H]1C(=O)Nc1ccc([N+](=O)[O-])cc1. The molecule has 9 nitrogen and oxygen atoms in total. The summed E-state index contributed by atoms with van der Waals surface area (Å²) in [6.45, 7) is 3.23. The number of amides is 2. The van der Waals surface area contributed by atoms with E-state index in [1.807, 2.05) is 0 Å². The smallest absolute Gasteiger partial charge is 0.269 e. The van der Waals surface area contributed by atoms with Gasteiger partial charge in [-0.05, 0) is 26.0 Å². The number of nitro groups is 1. The Hall–Kier alpha value is -2.52. The Kier molecular flexibility index (Phi) is 4.92. The molecular weight excluding hydrogens is 304 g/mol. The molecule has 124 valence electrons. The second-order valence-electron chi connectivity index (χ2n) is 5.34. The number of non-ortho nitro benzene ring substituents is 1. The summed E-state index contributed by atoms with van der Waals surface area (Å²) in [6.07, 6.45) is -0.476. The Morgan fingerprint density at radius 2 is 2.04 bits per heavy atom. The minimum absolute atomic E-state index is 0.000111. The first kappa shape index (κ1) is 16.8. The van der Waals surface area contributed by atoms with Gasteiger partial charge in [-0.1, -0.05) is 0 Å². The normalized spacial score (nSPS) is 21.8. The third-order valence-corrected chi connectivity index (χ3v) is 3.54. The summed E-state index contributed by atoms with van der Waals surface area (Å²) >= 11 is 0. The predicted octanol–water partition coefficient (Wildman–Crippen LogP) is 0.454. The number of carbonyl (C=O) groups excluding carboxylic acids is 2. The fourth-order valence-corrected chi connectivity index (χ4v) is 2.32. The lowest BCUT2D eigenvalue weighted by molar-refractivity contribution is -0.384. The van der Waals surface area contributed by atoms with E-state index in [1.54, 1.807) is 6.92 Å². The molecule has 1 fully saturated rings. The first-order chi connectivity index (χ1) is 10.8. The zero-order valence-electron chi connectivity index (χ0n) is 12.8. The highest BCUT2D eigenvalue weighted by Crippen LogP contribution is 2.21. The molecule has 1 saturated heterocycles. The van der Waals surface area contributed by atoms with Gasteiger partial charge in [0.05, 0.1) is 17.1 Å². The Bertz CT molecular complexity index is 616. The highest BCUT2D eigenvalue weighted by molar-refractivity contribution is 5.98. The first-order valence-corrected chi connectivity index (χ1v) is 7.04. The summed E-state index contributed by atoms with van der Waals surface area (Å²) in [4.78, 5) is 35.8. The summed E-state index contributed by atoms with van der Waals surface area (Å²) in [7, 11) is 0. The van der Waals surface area contributed by atoms with E-state index in [1.165, 1.54) is 36.1 Å². The van der Waals surface area contributed by atoms with E-state index in [0.29, 0.717) is 5.69 Å². The molecule has 2 rings (SSSR count). The largest absolute Gasteiger partial charge is 0.355 e. The van der Waals surface area contributed by atoms with Crippen LogP contribution in [0.4, 0.5) is 11.4 Å². The summed E-state index contributed by atoms with van der Waals surface area (Å²) in [5.74, 6) is -0.809. The van der Waals surface area contributed by atoms with E-state index >= 15 is 0 Å². The third-order valence-electron chi connectivity index (χ3n) is 3.54. The van der Waals surface area contributed by atoms with Gasteiger partial charge < -0.3 is 20.7 Å². The van der Waals surface area contributed by atoms with Crippen LogP contribution in [0, 0.1) is 10.1 Å². The molecule has 0 radical (unpaired) electrons. The molecule has 3 N–H and O–H groups in total. The summed E-state index contributed by atoms with van der Waals surface area (Å²) in [6, 6.07) is 3.88. The van der Waals surface area contributed by atoms with Gasteiger partial charge in [-0.15, -0.1) is 0 Å². The summed E-state index contributed by atoms with van der Waals surface area (Å²) in [5, 5.41) is 13.2. The second kappa shape index (κ2) is 6.71. The molecule has 1 aliphatic rings. The Morgan fingerprint density at radius 3 is 2.57 bits per heavy atom. The molecule has 3 atom stereocenters. The number of nitrogens with zero attached hydrogens (tertiary/aromatic N) is 2. The maximum Gasteiger partial charge on any atom is 0.269 e. The molecule has 23 heavy (non-hydrogen) atoms. The van der Waals surface area contributed by atoms with Crippen LogP contribution in [-0.2, 0) is 14.3 Å². The molecule has 0 aromatic heterocycles. The molecule has 1 aromatic carbocycles. The highest BCUT2D eigenvalue weighted by atomic mass is 16.6. The van der Waals surface area contributed by atoms with Crippen LogP contribution < -0.4 is 11.1 Å². The van der Waals surface area contributed by atoms with Gasteiger partial charge in [-0.25, -0.2) is 0 Å². The quantitative estimate of drug-likeness (QED) is 0.612. The number of ether oxygens (including phenoxy) is 1. The van der Waals surface area contributed by atoms with Crippen molar-refractivity contribution < 1.29 is 19.2 Å². The molecule has 2 amide bonds. The van der Waals surface area contributed by atoms with Crippen LogP contribution in [0.5, 0.6) is 0 Å². The molecule has 1 heterocycles. The number of nitro benzene ring substituents is 1. The third kappa shape index (κ3) is 3.63. The monoisotopic (exact) mass is 322 g/mol. The fourth-order valence-electron chi connectivity index (χ4n) is 2.32. The van der Waals surface area contributed by atoms with Gasteiger partial charge in [0.1, 0.15) is 12.8 Å². The van der Waals surface area contributed by atoms with Crippen LogP contribution in [0.15, 0.2) is 24.3 Å². The second-order valence-corrected chi connectivity index (χ2v) is 5.34. The molecule has 1 aromatic rings. The number of hydrogen-bond acceptors (Lipinski definition) is 6. The molecule has 0 bridgehead atoms. The van der Waals surface area contributed by atoms with Crippen molar-refractivity contribution in [1.82, 2.24) is 4.90 Å². The van der Waals surface area contributed by atoms with Crippen molar-refractivity contribution in [2.24, 2.45) is 5.73 Å². The number of nitrogens with one attached hydrogen (secondary N) is 1. The lowest BCUT2D eigenvalue weighted by Crippen LogP contribution is -2.51. The summed E-state index contributed by atoms with van der Waals surface area (Å²) < 4.78 is 5.36. The molecule has 0 unspecified atom stereocenters. The Morgan fingerprint density at radius 1 is 1.43 bits per heavy atom. The topological polar surface area (TPSA) is 128 Å². The van der Waals surface area contributed by atoms with Crippen molar-refractivity contribution in [3.63, 3.8) is 0 Å². The number of carbonyl (C=O) groups is 2. The van der Waals surface area contributed by atoms with E-state index < -0.39 is 29.0 Å². The van der Waals surface area contributed by atoms with Crippen LogP contribution in [-0.4, -0.2) is 46.6 Å². The Labute approximate surface area is 132 Å². The Balaban J connectivity index is 2.11. The number of nitrogens with two attached hydrogens (primary N) is 1. The van der Waals surface area contributed by atoms with Crippen molar-refractivity contribution in [2.45, 2.75) is 32.0 Å². The minimum Gasteiger partial charge on any atom is -0.355 e. The maximum absolute atomic E-state index is 12.4. The zero-order chi connectivity index (χ0) is 17.1. The van der Waals surface area contributed by atoms with Gasteiger partial charge in [0.15, 0.2) is 0 Å². The predicted molar refractivity (Wildman–Crippen MR) is 81.4 cm³/mol. The van der Waals surface area contributed by atoms with E-state index in [0.717, 1.165) is 0 Å². The maximum atomic E-state index is 12.4. The molecule has 1 aliphatic heterocycles. The summed E-state index contributed by atoms with van der Waals surface area (Å²) in [5.41, 5.74) is 5.90. The van der Waals surface area contributed by atoms with Crippen LogP contribution >= 0.6 is 0 Å². The number of benzene rings is 1. The van der Waals surface area contributed by atoms with E-state index in [2.05, 4.69) is 5.32 Å². The van der Waals surface area contributed by atoms with Crippen molar-refractivity contribution in [1.29, 1.82) is 0 Å². The molecule has 9 heteroatoms. The van der Waals surface area contributed by atoms with Gasteiger partial charge in [-0.3, -0.25) is 19.7 Å². The van der Waals surface area contributed by atoms with Crippen LogP contribution in [0.25, 0.3) is 0 Å². The first-order valence-electron chi connectivity index (χ1n) is 7.04. The van der Waals surface area contributed by atoms with Gasteiger partial charge >= 0.3 is 0 Å². The van der Waals surface area contributed by atoms with Crippen molar-refractivity contribution in [2.75, 3.05) is 12.0 Å². The average molecular weight is 322 g/mol. The van der Waals surface area contributed by atoms with Crippen molar-refractivity contribution in [3.05, 3.63) is 34.4 Å².